The fourth-order valence-corrected chi connectivity index (χ4v) is 2.11. The van der Waals surface area contributed by atoms with Gasteiger partial charge in [0.05, 0.1) is 18.5 Å². The molecule has 0 unspecified atom stereocenters. The Morgan fingerprint density at radius 1 is 1.19 bits per heavy atom. The molecule has 0 aromatic carbocycles. The summed E-state index contributed by atoms with van der Waals surface area (Å²) in [4.78, 5) is 15.6. The van der Waals surface area contributed by atoms with Crippen LogP contribution in [0.5, 0.6) is 5.88 Å². The summed E-state index contributed by atoms with van der Waals surface area (Å²) in [6.45, 7) is 2.05. The molecule has 3 aromatic rings. The number of aromatic nitrogens is 6. The van der Waals surface area contributed by atoms with E-state index in [0.717, 1.165) is 6.20 Å². The third kappa shape index (κ3) is 3.79. The summed E-state index contributed by atoms with van der Waals surface area (Å²) in [6.07, 6.45) is 1.11. The smallest absolute Gasteiger partial charge is 0.358 e. The van der Waals surface area contributed by atoms with Gasteiger partial charge >= 0.3 is 5.97 Å². The second kappa shape index (κ2) is 7.64. The van der Waals surface area contributed by atoms with E-state index in [2.05, 4.69) is 25.5 Å². The van der Waals surface area contributed by atoms with Crippen molar-refractivity contribution in [1.29, 1.82) is 0 Å². The van der Waals surface area contributed by atoms with Gasteiger partial charge in [0.15, 0.2) is 5.69 Å². The van der Waals surface area contributed by atoms with Crippen molar-refractivity contribution in [3.63, 3.8) is 0 Å². The lowest BCUT2D eigenvalue weighted by molar-refractivity contribution is 0.0517. The minimum absolute atomic E-state index is 0.0886. The Labute approximate surface area is 147 Å². The number of hydrogen-bond acceptors (Lipinski definition) is 8. The fraction of sp³-hybridized carbons (Fsp3) is 0.250. The summed E-state index contributed by atoms with van der Waals surface area (Å²) in [5, 5.41) is 15.6. The number of esters is 1. The van der Waals surface area contributed by atoms with Crippen molar-refractivity contribution in [2.24, 2.45) is 7.05 Å². The van der Waals surface area contributed by atoms with Gasteiger partial charge in [-0.2, -0.15) is 0 Å². The molecule has 0 saturated heterocycles. The zero-order valence-electron chi connectivity index (χ0n) is 14.1. The number of carbonyl (C=O) groups is 1. The zero-order valence-corrected chi connectivity index (χ0v) is 14.1. The molecule has 0 aliphatic carbocycles. The average Bonchev–Trinajstić information content (AvgIpc) is 3.02. The first-order valence-electron chi connectivity index (χ1n) is 7.72. The van der Waals surface area contributed by atoms with Crippen molar-refractivity contribution in [3.8, 4) is 17.3 Å². The number of hydrogen-bond donors (Lipinski definition) is 0. The number of ether oxygens (including phenoxy) is 2. The highest BCUT2D eigenvalue weighted by atomic mass is 19.1. The molecule has 3 aromatic heterocycles. The quantitative estimate of drug-likeness (QED) is 0.611. The van der Waals surface area contributed by atoms with Gasteiger partial charge in [-0.15, -0.1) is 15.3 Å². The molecule has 26 heavy (non-hydrogen) atoms. The molecule has 0 saturated carbocycles. The van der Waals surface area contributed by atoms with Crippen LogP contribution in [0, 0.1) is 5.82 Å². The Morgan fingerprint density at radius 2 is 2.04 bits per heavy atom. The number of halogens is 1. The maximum absolute atomic E-state index is 13.0. The molecule has 0 aliphatic heterocycles. The highest BCUT2D eigenvalue weighted by Gasteiger charge is 2.16. The standard InChI is InChI=1S/C16H15FN6O3/c1-3-25-16(24)12-6-7-14(20-19-12)26-9-13-15(21-22-23(13)2)11-5-4-10(17)8-18-11/h4-8H,3,9H2,1-2H3. The molecule has 0 fully saturated rings. The van der Waals surface area contributed by atoms with Gasteiger partial charge in [-0.3, -0.25) is 4.98 Å². The topological polar surface area (TPSA) is 105 Å². The van der Waals surface area contributed by atoms with Crippen LogP contribution in [-0.4, -0.2) is 42.8 Å². The molecule has 3 heterocycles. The Bertz CT molecular complexity index is 895. The monoisotopic (exact) mass is 358 g/mol. The molecule has 0 spiro atoms. The van der Waals surface area contributed by atoms with E-state index in [0.29, 0.717) is 17.1 Å². The van der Waals surface area contributed by atoms with Crippen LogP contribution in [-0.2, 0) is 18.4 Å². The van der Waals surface area contributed by atoms with E-state index in [4.69, 9.17) is 9.47 Å². The third-order valence-corrected chi connectivity index (χ3v) is 3.39. The van der Waals surface area contributed by atoms with E-state index in [9.17, 15) is 9.18 Å². The van der Waals surface area contributed by atoms with Crippen molar-refractivity contribution >= 4 is 5.97 Å². The van der Waals surface area contributed by atoms with Gasteiger partial charge in [-0.05, 0) is 25.1 Å². The second-order valence-corrected chi connectivity index (χ2v) is 5.14. The Kier molecular flexibility index (Phi) is 5.11. The van der Waals surface area contributed by atoms with Crippen LogP contribution >= 0.6 is 0 Å². The Morgan fingerprint density at radius 3 is 2.69 bits per heavy atom. The van der Waals surface area contributed by atoms with E-state index in [1.807, 2.05) is 0 Å². The normalized spacial score (nSPS) is 10.6. The molecule has 0 radical (unpaired) electrons. The van der Waals surface area contributed by atoms with Crippen LogP contribution in [0.25, 0.3) is 11.4 Å². The largest absolute Gasteiger partial charge is 0.470 e. The number of aryl methyl sites for hydroxylation is 1. The van der Waals surface area contributed by atoms with Crippen molar-refractivity contribution in [3.05, 3.63) is 47.7 Å². The number of pyridine rings is 1. The van der Waals surface area contributed by atoms with E-state index >= 15 is 0 Å². The molecular formula is C16H15FN6O3. The fourth-order valence-electron chi connectivity index (χ4n) is 2.11. The van der Waals surface area contributed by atoms with E-state index in [-0.39, 0.29) is 24.8 Å². The molecular weight excluding hydrogens is 343 g/mol. The SMILES string of the molecule is CCOC(=O)c1ccc(OCc2c(-c3ccc(F)cn3)nnn2C)nn1. The predicted molar refractivity (Wildman–Crippen MR) is 86.5 cm³/mol. The van der Waals surface area contributed by atoms with E-state index < -0.39 is 11.8 Å². The summed E-state index contributed by atoms with van der Waals surface area (Å²) in [6, 6.07) is 5.78. The summed E-state index contributed by atoms with van der Waals surface area (Å²) in [5.41, 5.74) is 1.67. The summed E-state index contributed by atoms with van der Waals surface area (Å²) in [5.74, 6) is -0.767. The molecule has 0 aliphatic rings. The molecule has 134 valence electrons. The van der Waals surface area contributed by atoms with Crippen LogP contribution in [0.15, 0.2) is 30.5 Å². The van der Waals surface area contributed by atoms with Crippen molar-refractivity contribution in [2.45, 2.75) is 13.5 Å². The van der Waals surface area contributed by atoms with Gasteiger partial charge in [0, 0.05) is 13.1 Å². The van der Waals surface area contributed by atoms with Gasteiger partial charge < -0.3 is 9.47 Å². The minimum atomic E-state index is -0.549. The molecule has 0 bridgehead atoms. The lowest BCUT2D eigenvalue weighted by Gasteiger charge is -2.07. The van der Waals surface area contributed by atoms with Crippen LogP contribution < -0.4 is 4.74 Å². The first-order valence-corrected chi connectivity index (χ1v) is 7.72. The lowest BCUT2D eigenvalue weighted by atomic mass is 10.2. The van der Waals surface area contributed by atoms with Crippen LogP contribution in [0.2, 0.25) is 0 Å². The Hall–Kier alpha value is -3.43. The minimum Gasteiger partial charge on any atom is -0.470 e. The number of carbonyl (C=O) groups excluding carboxylic acids is 1. The third-order valence-electron chi connectivity index (χ3n) is 3.39. The lowest BCUT2D eigenvalue weighted by Crippen LogP contribution is -2.09. The van der Waals surface area contributed by atoms with Crippen molar-refractivity contribution < 1.29 is 18.7 Å². The van der Waals surface area contributed by atoms with Gasteiger partial charge in [-0.25, -0.2) is 13.9 Å². The average molecular weight is 358 g/mol. The maximum atomic E-state index is 13.0. The first-order chi connectivity index (χ1) is 12.6. The Balaban J connectivity index is 1.73. The van der Waals surface area contributed by atoms with Gasteiger partial charge in [-0.1, -0.05) is 5.21 Å². The highest BCUT2D eigenvalue weighted by molar-refractivity contribution is 5.86. The summed E-state index contributed by atoms with van der Waals surface area (Å²) in [7, 11) is 1.70. The molecule has 0 amide bonds. The van der Waals surface area contributed by atoms with E-state index in [1.54, 1.807) is 14.0 Å². The number of nitrogens with zero attached hydrogens (tertiary/aromatic N) is 6. The maximum Gasteiger partial charge on any atom is 0.358 e. The summed E-state index contributed by atoms with van der Waals surface area (Å²) >= 11 is 0. The predicted octanol–water partition coefficient (Wildman–Crippen LogP) is 1.56. The summed E-state index contributed by atoms with van der Waals surface area (Å²) < 4.78 is 25.0. The van der Waals surface area contributed by atoms with Gasteiger partial charge in [0.2, 0.25) is 5.88 Å². The van der Waals surface area contributed by atoms with Crippen molar-refractivity contribution in [1.82, 2.24) is 30.2 Å². The van der Waals surface area contributed by atoms with Crippen LogP contribution in [0.1, 0.15) is 23.1 Å². The van der Waals surface area contributed by atoms with E-state index in [1.165, 1.54) is 28.9 Å². The zero-order chi connectivity index (χ0) is 18.5. The molecule has 0 atom stereocenters. The first kappa shape index (κ1) is 17.4. The number of rotatable bonds is 6. The molecule has 10 heteroatoms. The van der Waals surface area contributed by atoms with Gasteiger partial charge in [0.1, 0.15) is 23.8 Å². The van der Waals surface area contributed by atoms with Gasteiger partial charge in [0.25, 0.3) is 0 Å². The van der Waals surface area contributed by atoms with Crippen molar-refractivity contribution in [2.75, 3.05) is 6.61 Å². The molecule has 3 rings (SSSR count). The highest BCUT2D eigenvalue weighted by Crippen LogP contribution is 2.20. The molecule has 0 N–H and O–H groups in total. The van der Waals surface area contributed by atoms with Crippen LogP contribution in [0.3, 0.4) is 0 Å². The molecule has 9 nitrogen and oxygen atoms in total. The van der Waals surface area contributed by atoms with Crippen LogP contribution in [0.4, 0.5) is 4.39 Å². The second-order valence-electron chi connectivity index (χ2n) is 5.14.